The van der Waals surface area contributed by atoms with E-state index in [-0.39, 0.29) is 23.3 Å². The van der Waals surface area contributed by atoms with Crippen LogP contribution in [0.5, 0.6) is 0 Å². The molecular weight excluding hydrogens is 323 g/mol. The third-order valence-electron chi connectivity index (χ3n) is 2.88. The maximum atomic E-state index is 12.8. The Morgan fingerprint density at radius 3 is 2.14 bits per heavy atom. The van der Waals surface area contributed by atoms with E-state index in [1.54, 1.807) is 0 Å². The number of carbonyl (C=O) groups excluding carboxylic acids is 1. The molecule has 0 aromatic heterocycles. The van der Waals surface area contributed by atoms with Crippen LogP contribution >= 0.6 is 0 Å². The van der Waals surface area contributed by atoms with Crippen LogP contribution in [0.1, 0.15) is 20.3 Å². The minimum absolute atomic E-state index is 0.0178. The molecule has 0 bridgehead atoms. The van der Waals surface area contributed by atoms with Gasteiger partial charge in [-0.25, -0.2) is 12.7 Å². The number of para-hydroxylation sites is 1. The van der Waals surface area contributed by atoms with Crippen LogP contribution in [-0.2, 0) is 14.8 Å². The van der Waals surface area contributed by atoms with Gasteiger partial charge in [-0.1, -0.05) is 25.1 Å². The summed E-state index contributed by atoms with van der Waals surface area (Å²) in [6, 6.07) is 6.62. The summed E-state index contributed by atoms with van der Waals surface area (Å²) < 4.78 is 62.9. The Kier molecular flexibility index (Phi) is 5.24. The molecule has 124 valence electrons. The lowest BCUT2D eigenvalue weighted by molar-refractivity contribution is -0.243. The quantitative estimate of drug-likeness (QED) is 0.891. The Morgan fingerprint density at radius 2 is 1.73 bits per heavy atom. The normalized spacial score (nSPS) is 15.2. The monoisotopic (exact) mass is 339 g/mol. The number of carbonyl (C=O) groups is 1. The van der Waals surface area contributed by atoms with Gasteiger partial charge in [0.05, 0.1) is 11.4 Å². The van der Waals surface area contributed by atoms with Gasteiger partial charge < -0.3 is 5.11 Å². The molecule has 0 saturated heterocycles. The molecule has 0 aliphatic rings. The molecule has 1 rings (SSSR count). The van der Waals surface area contributed by atoms with Crippen molar-refractivity contribution in [3.8, 4) is 0 Å². The van der Waals surface area contributed by atoms with Crippen molar-refractivity contribution >= 4 is 21.6 Å². The first-order chi connectivity index (χ1) is 9.95. The Hall–Kier alpha value is -1.61. The Bertz CT molecular complexity index is 626. The molecular formula is C13H16F3NO4S. The number of hydrogen-bond acceptors (Lipinski definition) is 4. The van der Waals surface area contributed by atoms with Crippen molar-refractivity contribution in [2.75, 3.05) is 10.1 Å². The predicted molar refractivity (Wildman–Crippen MR) is 74.7 cm³/mol. The van der Waals surface area contributed by atoms with Gasteiger partial charge in [0.15, 0.2) is 0 Å². The van der Waals surface area contributed by atoms with Gasteiger partial charge in [0.1, 0.15) is 0 Å². The number of sulfonamides is 1. The number of benzene rings is 1. The van der Waals surface area contributed by atoms with Crippen LogP contribution in [0, 0.1) is 0 Å². The molecule has 1 aromatic carbocycles. The highest BCUT2D eigenvalue weighted by Gasteiger charge is 2.58. The summed E-state index contributed by atoms with van der Waals surface area (Å²) in [5.74, 6) is -2.48. The summed E-state index contributed by atoms with van der Waals surface area (Å²) in [7, 11) is -4.34. The van der Waals surface area contributed by atoms with Gasteiger partial charge in [0, 0.05) is 0 Å². The second kappa shape index (κ2) is 6.25. The average Bonchev–Trinajstić information content (AvgIpc) is 2.38. The van der Waals surface area contributed by atoms with Gasteiger partial charge in [-0.05, 0) is 25.5 Å². The zero-order chi connectivity index (χ0) is 17.2. The second-order valence-corrected chi connectivity index (χ2v) is 6.73. The second-order valence-electron chi connectivity index (χ2n) is 4.79. The first kappa shape index (κ1) is 18.4. The summed E-state index contributed by atoms with van der Waals surface area (Å²) in [6.07, 6.45) is -5.20. The number of hydrogen-bond donors (Lipinski definition) is 1. The van der Waals surface area contributed by atoms with E-state index < -0.39 is 33.5 Å². The summed E-state index contributed by atoms with van der Waals surface area (Å²) in [5, 5.41) is 9.50. The molecule has 9 heteroatoms. The molecule has 0 aliphatic heterocycles. The van der Waals surface area contributed by atoms with E-state index in [0.29, 0.717) is 0 Å². The average molecular weight is 339 g/mol. The standard InChI is InChI=1S/C13H16F3NO4S/c1-3-9-22(20,21)17(10-7-5-4-6-8-10)11(18)12(2,19)13(14,15)16/h4-8,19H,3,9H2,1-2H3. The minimum Gasteiger partial charge on any atom is -0.373 e. The van der Waals surface area contributed by atoms with E-state index in [1.165, 1.54) is 37.3 Å². The highest BCUT2D eigenvalue weighted by molar-refractivity contribution is 7.93. The van der Waals surface area contributed by atoms with Crippen LogP contribution in [-0.4, -0.2) is 37.0 Å². The summed E-state index contributed by atoms with van der Waals surface area (Å²) in [6.45, 7) is 1.74. The van der Waals surface area contributed by atoms with Crippen molar-refractivity contribution in [1.82, 2.24) is 0 Å². The number of rotatable bonds is 5. The molecule has 1 amide bonds. The molecule has 0 aliphatic carbocycles. The molecule has 1 atom stereocenters. The van der Waals surface area contributed by atoms with Gasteiger partial charge in [0.2, 0.25) is 15.6 Å². The highest BCUT2D eigenvalue weighted by Crippen LogP contribution is 2.34. The van der Waals surface area contributed by atoms with Gasteiger partial charge >= 0.3 is 6.18 Å². The van der Waals surface area contributed by atoms with Gasteiger partial charge in [0.25, 0.3) is 5.91 Å². The fourth-order valence-electron chi connectivity index (χ4n) is 1.64. The van der Waals surface area contributed by atoms with E-state index in [9.17, 15) is 31.5 Å². The lowest BCUT2D eigenvalue weighted by Crippen LogP contribution is -2.58. The number of nitrogens with zero attached hydrogens (tertiary/aromatic N) is 1. The van der Waals surface area contributed by atoms with Gasteiger partial charge in [-0.3, -0.25) is 4.79 Å². The molecule has 0 saturated carbocycles. The van der Waals surface area contributed by atoms with Gasteiger partial charge in [-0.2, -0.15) is 13.2 Å². The molecule has 22 heavy (non-hydrogen) atoms. The number of aliphatic hydroxyl groups is 1. The molecule has 0 spiro atoms. The van der Waals surface area contributed by atoms with Crippen LogP contribution in [0.3, 0.4) is 0 Å². The van der Waals surface area contributed by atoms with Crippen molar-refractivity contribution in [3.05, 3.63) is 30.3 Å². The third-order valence-corrected chi connectivity index (χ3v) is 4.74. The van der Waals surface area contributed by atoms with Crippen LogP contribution < -0.4 is 4.31 Å². The number of halogens is 3. The number of amides is 1. The van der Waals surface area contributed by atoms with E-state index in [2.05, 4.69) is 0 Å². The maximum Gasteiger partial charge on any atom is 0.426 e. The van der Waals surface area contributed by atoms with E-state index in [0.717, 1.165) is 0 Å². The van der Waals surface area contributed by atoms with Crippen LogP contribution in [0.25, 0.3) is 0 Å². The lowest BCUT2D eigenvalue weighted by Gasteiger charge is -2.31. The lowest BCUT2D eigenvalue weighted by atomic mass is 10.1. The SMILES string of the molecule is CCCS(=O)(=O)N(C(=O)C(C)(O)C(F)(F)F)c1ccccc1. The molecule has 0 radical (unpaired) electrons. The van der Waals surface area contributed by atoms with Crippen LogP contribution in [0.4, 0.5) is 18.9 Å². The van der Waals surface area contributed by atoms with Crippen molar-refractivity contribution in [2.45, 2.75) is 32.0 Å². The van der Waals surface area contributed by atoms with Gasteiger partial charge in [-0.15, -0.1) is 0 Å². The zero-order valence-electron chi connectivity index (χ0n) is 12.0. The molecule has 1 N–H and O–H groups in total. The van der Waals surface area contributed by atoms with E-state index in [4.69, 9.17) is 0 Å². The van der Waals surface area contributed by atoms with Crippen molar-refractivity contribution in [1.29, 1.82) is 0 Å². The molecule has 0 heterocycles. The maximum absolute atomic E-state index is 12.8. The molecule has 1 aromatic rings. The van der Waals surface area contributed by atoms with Crippen molar-refractivity contribution in [3.63, 3.8) is 0 Å². The van der Waals surface area contributed by atoms with Crippen molar-refractivity contribution in [2.24, 2.45) is 0 Å². The smallest absolute Gasteiger partial charge is 0.373 e. The van der Waals surface area contributed by atoms with Crippen LogP contribution in [0.2, 0.25) is 0 Å². The first-order valence-corrected chi connectivity index (χ1v) is 7.97. The number of anilines is 1. The topological polar surface area (TPSA) is 74.7 Å². The Balaban J connectivity index is 3.44. The largest absolute Gasteiger partial charge is 0.426 e. The third kappa shape index (κ3) is 3.58. The van der Waals surface area contributed by atoms with E-state index >= 15 is 0 Å². The Labute approximate surface area is 126 Å². The summed E-state index contributed by atoms with van der Waals surface area (Å²) in [4.78, 5) is 12.1. The van der Waals surface area contributed by atoms with Crippen LogP contribution in [0.15, 0.2) is 30.3 Å². The molecule has 0 fully saturated rings. The van der Waals surface area contributed by atoms with Crippen molar-refractivity contribution < 1.29 is 31.5 Å². The molecule has 1 unspecified atom stereocenters. The Morgan fingerprint density at radius 1 is 1.23 bits per heavy atom. The minimum atomic E-state index is -5.31. The fraction of sp³-hybridized carbons (Fsp3) is 0.462. The first-order valence-electron chi connectivity index (χ1n) is 6.36. The molecule has 5 nitrogen and oxygen atoms in total. The van der Waals surface area contributed by atoms with E-state index in [1.807, 2.05) is 0 Å². The summed E-state index contributed by atoms with van der Waals surface area (Å²) in [5.41, 5.74) is -4.07. The summed E-state index contributed by atoms with van der Waals surface area (Å²) >= 11 is 0. The zero-order valence-corrected chi connectivity index (χ0v) is 12.8. The number of alkyl halides is 3. The predicted octanol–water partition coefficient (Wildman–Crippen LogP) is 2.07. The highest BCUT2D eigenvalue weighted by atomic mass is 32.2. The fourth-order valence-corrected chi connectivity index (χ4v) is 3.21.